The summed E-state index contributed by atoms with van der Waals surface area (Å²) in [5.74, 6) is -1.57. The van der Waals surface area contributed by atoms with Crippen LogP contribution in [-0.2, 0) is 21.5 Å². The van der Waals surface area contributed by atoms with Crippen LogP contribution in [-0.4, -0.2) is 77.1 Å². The Labute approximate surface area is 271 Å². The number of ether oxygens (including phenoxy) is 2. The van der Waals surface area contributed by atoms with E-state index in [2.05, 4.69) is 25.9 Å². The van der Waals surface area contributed by atoms with Gasteiger partial charge in [-0.15, -0.1) is 0 Å². The van der Waals surface area contributed by atoms with E-state index in [4.69, 9.17) is 9.47 Å². The Hall–Kier alpha value is -5.40. The predicted molar refractivity (Wildman–Crippen MR) is 173 cm³/mol. The van der Waals surface area contributed by atoms with Crippen LogP contribution < -0.4 is 31.1 Å². The van der Waals surface area contributed by atoms with E-state index in [-0.39, 0.29) is 59.8 Å². The highest BCUT2D eigenvalue weighted by atomic mass is 16.5. The summed E-state index contributed by atoms with van der Waals surface area (Å²) >= 11 is 0. The van der Waals surface area contributed by atoms with Crippen molar-refractivity contribution >= 4 is 29.6 Å². The van der Waals surface area contributed by atoms with Crippen molar-refractivity contribution in [1.82, 2.24) is 25.5 Å². The number of likely N-dealkylation sites (tertiary alicyclic amines) is 1. The number of hydrogen-bond acceptors (Lipinski definition) is 8. The number of urea groups is 1. The van der Waals surface area contributed by atoms with Crippen LogP contribution in [0.15, 0.2) is 59.5 Å². The van der Waals surface area contributed by atoms with Crippen molar-refractivity contribution in [3.8, 4) is 11.5 Å². The summed E-state index contributed by atoms with van der Waals surface area (Å²) in [6, 6.07) is 12.3. The quantitative estimate of drug-likeness (QED) is 0.196. The number of carbonyl (C=O) groups excluding carboxylic acids is 3. The average Bonchev–Trinajstić information content (AvgIpc) is 3.05. The van der Waals surface area contributed by atoms with Crippen molar-refractivity contribution in [2.75, 3.05) is 32.6 Å². The first-order valence-electron chi connectivity index (χ1n) is 15.2. The summed E-state index contributed by atoms with van der Waals surface area (Å²) in [6.45, 7) is 4.46. The zero-order valence-corrected chi connectivity index (χ0v) is 26.8. The molecule has 0 saturated carbocycles. The fourth-order valence-electron chi connectivity index (χ4n) is 5.62. The van der Waals surface area contributed by atoms with E-state index in [1.165, 1.54) is 19.1 Å². The minimum atomic E-state index is -1.43. The Kier molecular flexibility index (Phi) is 11.2. The number of anilines is 1. The predicted octanol–water partition coefficient (Wildman–Crippen LogP) is 2.90. The molecule has 1 unspecified atom stereocenters. The van der Waals surface area contributed by atoms with Crippen molar-refractivity contribution in [2.24, 2.45) is 5.92 Å². The number of amides is 4. The monoisotopic (exact) mass is 648 g/mol. The summed E-state index contributed by atoms with van der Waals surface area (Å²) < 4.78 is 10.6. The number of nitrogens with zero attached hydrogens (tertiary/aromatic N) is 2. The van der Waals surface area contributed by atoms with E-state index in [1.807, 2.05) is 44.2 Å². The maximum Gasteiger partial charge on any atom is 0.346 e. The van der Waals surface area contributed by atoms with Gasteiger partial charge in [0.1, 0.15) is 28.9 Å². The van der Waals surface area contributed by atoms with E-state index in [0.29, 0.717) is 19.3 Å². The molecule has 2 aromatic carbocycles. The average molecular weight is 649 g/mol. The third-order valence-corrected chi connectivity index (χ3v) is 8.01. The minimum absolute atomic E-state index is 0.0567. The van der Waals surface area contributed by atoms with E-state index < -0.39 is 35.2 Å². The number of rotatable bonds is 12. The Balaban J connectivity index is 1.49. The third kappa shape index (κ3) is 8.45. The van der Waals surface area contributed by atoms with Gasteiger partial charge in [0.2, 0.25) is 5.91 Å². The molecule has 1 aliphatic rings. The summed E-state index contributed by atoms with van der Waals surface area (Å²) in [5, 5.41) is 18.4. The lowest BCUT2D eigenvalue weighted by Crippen LogP contribution is -2.57. The second kappa shape index (κ2) is 15.3. The number of hydrogen-bond donors (Lipinski definition) is 5. The summed E-state index contributed by atoms with van der Waals surface area (Å²) in [4.78, 5) is 71.5. The zero-order valence-electron chi connectivity index (χ0n) is 26.8. The summed E-state index contributed by atoms with van der Waals surface area (Å²) in [6.07, 6.45) is 2.06. The number of piperidine rings is 1. The lowest BCUT2D eigenvalue weighted by molar-refractivity contribution is -0.139. The van der Waals surface area contributed by atoms with Crippen LogP contribution in [0.5, 0.6) is 11.5 Å². The standard InChI is InChI=1S/C33H40N6O8/c1-20(2)17-26(40)38-33(22-9-6-5-7-10-22)13-15-39(16-14-33)32(45)35-23(30(42)43)18-21-19-34-31(44)37-28(21)36-29(41)27-24(46-3)11-8-12-25(27)47-4/h5-12,19-20,23H,13-18H2,1-4H3,(H,35,45)(H,38,40)(H,42,43)(H2,34,36,37,41,44). The molecule has 14 nitrogen and oxygen atoms in total. The molecule has 5 N–H and O–H groups in total. The molecule has 47 heavy (non-hydrogen) atoms. The molecule has 250 valence electrons. The molecule has 1 fully saturated rings. The van der Waals surface area contributed by atoms with E-state index in [9.17, 15) is 29.1 Å². The molecule has 3 aromatic rings. The van der Waals surface area contributed by atoms with Crippen molar-refractivity contribution in [3.05, 3.63) is 81.9 Å². The SMILES string of the molecule is COc1cccc(OC)c1C(=O)Nc1[nH]c(=O)ncc1CC(NC(=O)N1CCC(NC(=O)CC(C)C)(c2ccccc2)CC1)C(=O)O. The van der Waals surface area contributed by atoms with Crippen molar-refractivity contribution in [2.45, 2.75) is 51.1 Å². The molecule has 0 bridgehead atoms. The van der Waals surface area contributed by atoms with Crippen LogP contribution in [0.2, 0.25) is 0 Å². The van der Waals surface area contributed by atoms with Gasteiger partial charge in [-0.25, -0.2) is 19.4 Å². The Bertz CT molecular complexity index is 1630. The second-order valence-corrected chi connectivity index (χ2v) is 11.7. The number of aromatic nitrogens is 2. The molecule has 4 amide bonds. The molecule has 2 heterocycles. The molecule has 1 saturated heterocycles. The largest absolute Gasteiger partial charge is 0.496 e. The highest BCUT2D eigenvalue weighted by Crippen LogP contribution is 2.34. The second-order valence-electron chi connectivity index (χ2n) is 11.7. The molecule has 1 aliphatic heterocycles. The van der Waals surface area contributed by atoms with E-state index in [0.717, 1.165) is 11.8 Å². The number of methoxy groups -OCH3 is 2. The number of aromatic amines is 1. The zero-order chi connectivity index (χ0) is 34.1. The number of H-pyrrole nitrogens is 1. The van der Waals surface area contributed by atoms with Crippen LogP contribution in [0.1, 0.15) is 54.6 Å². The molecule has 1 atom stereocenters. The Morgan fingerprint density at radius 1 is 1.00 bits per heavy atom. The van der Waals surface area contributed by atoms with Gasteiger partial charge in [-0.05, 0) is 36.5 Å². The first-order valence-corrected chi connectivity index (χ1v) is 15.2. The van der Waals surface area contributed by atoms with Crippen molar-refractivity contribution < 1.29 is 33.8 Å². The first-order chi connectivity index (χ1) is 22.5. The number of carboxylic acid groups (broad SMARTS) is 1. The fourth-order valence-corrected chi connectivity index (χ4v) is 5.62. The maximum absolute atomic E-state index is 13.4. The number of aliphatic carboxylic acids is 1. The summed E-state index contributed by atoms with van der Waals surface area (Å²) in [7, 11) is 2.77. The highest BCUT2D eigenvalue weighted by Gasteiger charge is 2.39. The maximum atomic E-state index is 13.4. The van der Waals surface area contributed by atoms with Crippen LogP contribution >= 0.6 is 0 Å². The van der Waals surface area contributed by atoms with Crippen LogP contribution in [0.4, 0.5) is 10.6 Å². The molecule has 0 radical (unpaired) electrons. The van der Waals surface area contributed by atoms with Gasteiger partial charge in [-0.1, -0.05) is 50.2 Å². The topological polar surface area (TPSA) is 192 Å². The number of nitrogens with one attached hydrogen (secondary N) is 4. The minimum Gasteiger partial charge on any atom is -0.496 e. The van der Waals surface area contributed by atoms with E-state index >= 15 is 0 Å². The van der Waals surface area contributed by atoms with E-state index in [1.54, 1.807) is 18.2 Å². The number of carbonyl (C=O) groups is 4. The van der Waals surface area contributed by atoms with Gasteiger partial charge in [-0.3, -0.25) is 14.6 Å². The molecule has 4 rings (SSSR count). The molecule has 0 aliphatic carbocycles. The molecule has 0 spiro atoms. The third-order valence-electron chi connectivity index (χ3n) is 8.01. The van der Waals surface area contributed by atoms with Gasteiger partial charge in [0.25, 0.3) is 5.91 Å². The van der Waals surface area contributed by atoms with Gasteiger partial charge in [0.15, 0.2) is 0 Å². The molecule has 1 aromatic heterocycles. The lowest BCUT2D eigenvalue weighted by atomic mass is 9.80. The first kappa shape index (κ1) is 34.5. The van der Waals surface area contributed by atoms with Crippen LogP contribution in [0, 0.1) is 5.92 Å². The molecule has 14 heteroatoms. The van der Waals surface area contributed by atoms with Crippen LogP contribution in [0.3, 0.4) is 0 Å². The highest BCUT2D eigenvalue weighted by molar-refractivity contribution is 6.08. The number of benzene rings is 2. The van der Waals surface area contributed by atoms with Gasteiger partial charge in [-0.2, -0.15) is 0 Å². The van der Waals surface area contributed by atoms with Gasteiger partial charge in [0, 0.05) is 37.7 Å². The smallest absolute Gasteiger partial charge is 0.346 e. The van der Waals surface area contributed by atoms with Gasteiger partial charge in [0.05, 0.1) is 19.8 Å². The Morgan fingerprint density at radius 3 is 2.21 bits per heavy atom. The fraction of sp³-hybridized carbons (Fsp3) is 0.394. The van der Waals surface area contributed by atoms with Crippen molar-refractivity contribution in [1.29, 1.82) is 0 Å². The van der Waals surface area contributed by atoms with Gasteiger partial charge >= 0.3 is 17.7 Å². The Morgan fingerprint density at radius 2 is 1.64 bits per heavy atom. The van der Waals surface area contributed by atoms with Gasteiger partial charge < -0.3 is 35.4 Å². The van der Waals surface area contributed by atoms with Crippen LogP contribution in [0.25, 0.3) is 0 Å². The normalized spacial score (nSPS) is 14.5. The number of carboxylic acids is 1. The molecular weight excluding hydrogens is 608 g/mol. The molecular formula is C33H40N6O8. The summed E-state index contributed by atoms with van der Waals surface area (Å²) in [5.41, 5.74) is -0.292. The van der Waals surface area contributed by atoms with Crippen molar-refractivity contribution in [3.63, 3.8) is 0 Å². The lowest BCUT2D eigenvalue weighted by Gasteiger charge is -2.43.